The summed E-state index contributed by atoms with van der Waals surface area (Å²) in [4.78, 5) is 16.1. The number of rotatable bonds is 5. The van der Waals surface area contributed by atoms with Gasteiger partial charge < -0.3 is 0 Å². The van der Waals surface area contributed by atoms with Gasteiger partial charge in [-0.15, -0.1) is 0 Å². The van der Waals surface area contributed by atoms with Gasteiger partial charge in [0.1, 0.15) is 0 Å². The van der Waals surface area contributed by atoms with Crippen molar-refractivity contribution in [1.29, 1.82) is 0 Å². The zero-order valence-electron chi connectivity index (χ0n) is 37.5. The molecule has 1 aromatic heterocycles. The summed E-state index contributed by atoms with van der Waals surface area (Å²) in [7, 11) is 0. The van der Waals surface area contributed by atoms with Crippen molar-refractivity contribution in [3.05, 3.63) is 271 Å². The second-order valence-electron chi connectivity index (χ2n) is 18.2. The molecule has 3 nitrogen and oxygen atoms in total. The number of hydrogen-bond donors (Lipinski definition) is 0. The van der Waals surface area contributed by atoms with Crippen LogP contribution in [0, 0.1) is 0 Å². The van der Waals surface area contributed by atoms with Gasteiger partial charge in [-0.25, -0.2) is 15.0 Å². The van der Waals surface area contributed by atoms with E-state index in [9.17, 15) is 0 Å². The SMILES string of the molecule is c1ccc2c(c1)-c1ccccc1C1(c3cc(-c4nc(-c5ccc(-c6cccc7ccccc67)cc5)nc(-c5ccc(-c6cccc7ccccc67)cc5)n4)ccc3-2)c2ccccc2-c2ccccc21. The van der Waals surface area contributed by atoms with Crippen molar-refractivity contribution in [2.45, 2.75) is 5.41 Å². The standard InChI is InChI=1S/C66H41N3/c1-3-19-49-42(15-1)17-13-26-51(49)44-31-35-46(36-32-44)63-67-64(47-37-33-45(34-38-47)52-27-14-18-43-16-2-4-20-50(43)52)69-65(68-63)48-39-40-58-54-22-6-5-21-53(54)55-23-7-10-28-59(55)66(62(58)41-48)60-29-11-8-24-56(60)57-25-9-12-30-61(57)66/h1-41H. The van der Waals surface area contributed by atoms with E-state index in [-0.39, 0.29) is 0 Å². The third-order valence-corrected chi connectivity index (χ3v) is 14.6. The lowest BCUT2D eigenvalue weighted by atomic mass is 9.65. The highest BCUT2D eigenvalue weighted by molar-refractivity contribution is 6.00. The van der Waals surface area contributed by atoms with Crippen molar-refractivity contribution < 1.29 is 0 Å². The Kier molecular flexibility index (Phi) is 8.80. The lowest BCUT2D eigenvalue weighted by molar-refractivity contribution is 0.775. The molecule has 14 rings (SSSR count). The van der Waals surface area contributed by atoms with Gasteiger partial charge in [-0.1, -0.05) is 243 Å². The molecule has 3 heteroatoms. The Bertz CT molecular complexity index is 3820. The van der Waals surface area contributed by atoms with E-state index in [4.69, 9.17) is 15.0 Å². The largest absolute Gasteiger partial charge is 0.208 e. The van der Waals surface area contributed by atoms with Crippen LogP contribution >= 0.6 is 0 Å². The van der Waals surface area contributed by atoms with Crippen molar-refractivity contribution >= 4 is 21.5 Å². The van der Waals surface area contributed by atoms with E-state index in [1.54, 1.807) is 0 Å². The second-order valence-corrected chi connectivity index (χ2v) is 18.2. The minimum absolute atomic E-state index is 0.620. The first-order valence-electron chi connectivity index (χ1n) is 23.7. The smallest absolute Gasteiger partial charge is 0.164 e. The molecule has 0 amide bonds. The van der Waals surface area contributed by atoms with Gasteiger partial charge in [-0.3, -0.25) is 0 Å². The highest BCUT2D eigenvalue weighted by Gasteiger charge is 2.49. The minimum Gasteiger partial charge on any atom is -0.208 e. The molecule has 0 aliphatic heterocycles. The van der Waals surface area contributed by atoms with E-state index < -0.39 is 5.41 Å². The number of hydrogen-bond acceptors (Lipinski definition) is 3. The van der Waals surface area contributed by atoms with Crippen LogP contribution in [0.15, 0.2) is 249 Å². The van der Waals surface area contributed by atoms with E-state index in [2.05, 4.69) is 249 Å². The monoisotopic (exact) mass is 875 g/mol. The molecule has 320 valence electrons. The summed E-state index contributed by atoms with van der Waals surface area (Å²) < 4.78 is 0. The second kappa shape index (κ2) is 15.5. The van der Waals surface area contributed by atoms with E-state index in [0.29, 0.717) is 17.5 Å². The van der Waals surface area contributed by atoms with Crippen LogP contribution in [-0.4, -0.2) is 15.0 Å². The molecule has 0 atom stereocenters. The number of aromatic nitrogens is 3. The van der Waals surface area contributed by atoms with E-state index in [0.717, 1.165) is 27.8 Å². The summed E-state index contributed by atoms with van der Waals surface area (Å²) in [5.41, 5.74) is 19.2. The molecule has 11 aromatic carbocycles. The Morgan fingerprint density at radius 1 is 0.217 bits per heavy atom. The fourth-order valence-corrected chi connectivity index (χ4v) is 11.5. The molecule has 0 saturated heterocycles. The molecular weight excluding hydrogens is 835 g/mol. The molecule has 0 N–H and O–H groups in total. The van der Waals surface area contributed by atoms with Crippen molar-refractivity contribution in [2.24, 2.45) is 0 Å². The molecule has 69 heavy (non-hydrogen) atoms. The van der Waals surface area contributed by atoms with Crippen LogP contribution in [0.3, 0.4) is 0 Å². The molecule has 0 unspecified atom stereocenters. The third-order valence-electron chi connectivity index (χ3n) is 14.6. The average molecular weight is 876 g/mol. The fourth-order valence-electron chi connectivity index (χ4n) is 11.5. The first kappa shape index (κ1) is 39.1. The zero-order chi connectivity index (χ0) is 45.5. The maximum Gasteiger partial charge on any atom is 0.164 e. The van der Waals surface area contributed by atoms with Gasteiger partial charge >= 0.3 is 0 Å². The van der Waals surface area contributed by atoms with E-state index in [1.165, 1.54) is 88.3 Å². The number of benzene rings is 11. The van der Waals surface area contributed by atoms with Crippen LogP contribution in [0.25, 0.3) is 111 Å². The van der Waals surface area contributed by atoms with Gasteiger partial charge in [0.15, 0.2) is 17.5 Å². The molecule has 12 aromatic rings. The van der Waals surface area contributed by atoms with Crippen LogP contribution in [0.5, 0.6) is 0 Å². The highest BCUT2D eigenvalue weighted by atomic mass is 15.0. The lowest BCUT2D eigenvalue weighted by Crippen LogP contribution is -2.29. The first-order chi connectivity index (χ1) is 34.2. The predicted molar refractivity (Wildman–Crippen MR) is 284 cm³/mol. The van der Waals surface area contributed by atoms with Crippen LogP contribution in [0.4, 0.5) is 0 Å². The molecule has 0 radical (unpaired) electrons. The maximum atomic E-state index is 5.39. The molecule has 2 aliphatic rings. The Morgan fingerprint density at radius 3 is 1.01 bits per heavy atom. The van der Waals surface area contributed by atoms with Gasteiger partial charge in [0.2, 0.25) is 0 Å². The van der Waals surface area contributed by atoms with Crippen LogP contribution in [0.1, 0.15) is 22.3 Å². The van der Waals surface area contributed by atoms with Gasteiger partial charge in [0.05, 0.1) is 5.41 Å². The quantitative estimate of drug-likeness (QED) is 0.173. The van der Waals surface area contributed by atoms with Gasteiger partial charge in [0, 0.05) is 16.7 Å². The highest BCUT2D eigenvalue weighted by Crippen LogP contribution is 2.61. The summed E-state index contributed by atoms with van der Waals surface area (Å²) in [6.45, 7) is 0. The topological polar surface area (TPSA) is 38.7 Å². The minimum atomic E-state index is -0.623. The average Bonchev–Trinajstić information content (AvgIpc) is 3.67. The molecule has 1 spiro atoms. The summed E-state index contributed by atoms with van der Waals surface area (Å²) in [5.74, 6) is 1.86. The summed E-state index contributed by atoms with van der Waals surface area (Å²) in [6, 6.07) is 90.2. The van der Waals surface area contributed by atoms with Crippen LogP contribution in [-0.2, 0) is 5.41 Å². The fraction of sp³-hybridized carbons (Fsp3) is 0.0152. The normalized spacial score (nSPS) is 12.8. The van der Waals surface area contributed by atoms with Crippen LogP contribution in [0.2, 0.25) is 0 Å². The Balaban J connectivity index is 0.984. The van der Waals surface area contributed by atoms with Gasteiger partial charge in [0.25, 0.3) is 0 Å². The van der Waals surface area contributed by atoms with Crippen molar-refractivity contribution in [1.82, 2.24) is 15.0 Å². The molecule has 1 heterocycles. The molecule has 0 fully saturated rings. The number of fused-ring (bicyclic) bond motifs is 14. The Morgan fingerprint density at radius 2 is 0.536 bits per heavy atom. The molecular formula is C66H41N3. The van der Waals surface area contributed by atoms with Crippen molar-refractivity contribution in [3.63, 3.8) is 0 Å². The first-order valence-corrected chi connectivity index (χ1v) is 23.7. The van der Waals surface area contributed by atoms with Crippen molar-refractivity contribution in [2.75, 3.05) is 0 Å². The lowest BCUT2D eigenvalue weighted by Gasteiger charge is -2.35. The Hall–Kier alpha value is -9.05. The predicted octanol–water partition coefficient (Wildman–Crippen LogP) is 16.5. The maximum absolute atomic E-state index is 5.39. The number of nitrogens with zero attached hydrogens (tertiary/aromatic N) is 3. The molecule has 0 bridgehead atoms. The van der Waals surface area contributed by atoms with E-state index >= 15 is 0 Å². The summed E-state index contributed by atoms with van der Waals surface area (Å²) in [6.07, 6.45) is 0. The zero-order valence-corrected chi connectivity index (χ0v) is 37.5. The Labute approximate surface area is 400 Å². The van der Waals surface area contributed by atoms with Gasteiger partial charge in [-0.05, 0) is 105 Å². The van der Waals surface area contributed by atoms with E-state index in [1.807, 2.05) is 0 Å². The van der Waals surface area contributed by atoms with Crippen molar-refractivity contribution in [3.8, 4) is 89.8 Å². The van der Waals surface area contributed by atoms with Crippen LogP contribution < -0.4 is 0 Å². The third kappa shape index (κ3) is 6.04. The molecule has 0 saturated carbocycles. The summed E-state index contributed by atoms with van der Waals surface area (Å²) in [5, 5.41) is 4.89. The van der Waals surface area contributed by atoms with Gasteiger partial charge in [-0.2, -0.15) is 0 Å². The summed E-state index contributed by atoms with van der Waals surface area (Å²) >= 11 is 0. The molecule has 2 aliphatic carbocycles.